The van der Waals surface area contributed by atoms with Crippen LogP contribution in [0.15, 0.2) is 30.5 Å². The van der Waals surface area contributed by atoms with E-state index in [-0.39, 0.29) is 23.9 Å². The molecule has 1 aromatic carbocycles. The predicted molar refractivity (Wildman–Crippen MR) is 88.0 cm³/mol. The fourth-order valence-electron chi connectivity index (χ4n) is 2.11. The fourth-order valence-corrected chi connectivity index (χ4v) is 2.63. The Labute approximate surface area is 148 Å². The van der Waals surface area contributed by atoms with Gasteiger partial charge in [0.25, 0.3) is 6.43 Å². The number of hydroxylamine groups is 2. The van der Waals surface area contributed by atoms with E-state index in [9.17, 15) is 14.0 Å². The third-order valence-corrected chi connectivity index (χ3v) is 3.93. The predicted octanol–water partition coefficient (Wildman–Crippen LogP) is 4.73. The molecule has 0 bridgehead atoms. The van der Waals surface area contributed by atoms with Gasteiger partial charge in [0.2, 0.25) is 0 Å². The van der Waals surface area contributed by atoms with Crippen molar-refractivity contribution < 1.29 is 18.7 Å². The molecule has 0 unspecified atom stereocenters. The third-order valence-electron chi connectivity index (χ3n) is 3.30. The van der Waals surface area contributed by atoms with Gasteiger partial charge in [-0.3, -0.25) is 0 Å². The average Bonchev–Trinajstić information content (AvgIpc) is 2.50. The summed E-state index contributed by atoms with van der Waals surface area (Å²) in [5.41, 5.74) is 2.34. The molecule has 0 saturated carbocycles. The van der Waals surface area contributed by atoms with Gasteiger partial charge in [-0.15, -0.1) is 0 Å². The molecule has 1 aromatic heterocycles. The normalized spacial score (nSPS) is 11.3. The van der Waals surface area contributed by atoms with Crippen molar-refractivity contribution >= 4 is 23.2 Å². The van der Waals surface area contributed by atoms with Crippen LogP contribution >= 0.6 is 23.2 Å². The lowest BCUT2D eigenvalue weighted by Crippen LogP contribution is -2.19. The summed E-state index contributed by atoms with van der Waals surface area (Å²) in [6.45, 7) is 1.53. The van der Waals surface area contributed by atoms with E-state index in [1.54, 1.807) is 24.4 Å². The van der Waals surface area contributed by atoms with Crippen molar-refractivity contribution in [3.63, 3.8) is 0 Å². The summed E-state index contributed by atoms with van der Waals surface area (Å²) in [4.78, 5) is 3.99. The van der Waals surface area contributed by atoms with Gasteiger partial charge in [-0.25, -0.2) is 13.8 Å². The number of ether oxygens (including phenoxy) is 1. The van der Waals surface area contributed by atoms with E-state index in [0.717, 1.165) is 16.2 Å². The Morgan fingerprint density at radius 2 is 2.00 bits per heavy atom. The monoisotopic (exact) mass is 376 g/mol. The van der Waals surface area contributed by atoms with Gasteiger partial charge in [0.1, 0.15) is 17.5 Å². The molecule has 2 rings (SSSR count). The van der Waals surface area contributed by atoms with Crippen molar-refractivity contribution in [1.29, 1.82) is 0 Å². The molecule has 0 atom stereocenters. The minimum absolute atomic E-state index is 0.177. The highest BCUT2D eigenvalue weighted by Crippen LogP contribution is 2.27. The molecule has 130 valence electrons. The number of nitrogens with zero attached hydrogens (tertiary/aromatic N) is 2. The van der Waals surface area contributed by atoms with Crippen LogP contribution in [0.4, 0.5) is 8.78 Å². The van der Waals surface area contributed by atoms with Gasteiger partial charge in [0, 0.05) is 18.3 Å². The van der Waals surface area contributed by atoms with E-state index < -0.39 is 13.0 Å². The van der Waals surface area contributed by atoms with Crippen LogP contribution in [0.2, 0.25) is 10.2 Å². The first-order chi connectivity index (χ1) is 11.4. The molecule has 0 amide bonds. The molecule has 4 nitrogen and oxygen atoms in total. The van der Waals surface area contributed by atoms with E-state index >= 15 is 0 Å². The molecule has 0 spiro atoms. The largest absolute Gasteiger partial charge is 0.486 e. The lowest BCUT2D eigenvalue weighted by Gasteiger charge is -2.17. The smallest absolute Gasteiger partial charge is 0.272 e. The standard InChI is InChI=1S/C16H16Cl2F2N2O2/c1-10-4-5-21-16(18)12(10)8-22(23)7-11-2-3-14(13(17)6-11)24-9-15(19)20/h2-6,15,23H,7-9H2,1H3. The number of rotatable bonds is 7. The minimum Gasteiger partial charge on any atom is -0.486 e. The molecule has 0 saturated heterocycles. The molecule has 0 aliphatic heterocycles. The van der Waals surface area contributed by atoms with Crippen LogP contribution in [0.25, 0.3) is 0 Å². The molecule has 1 heterocycles. The summed E-state index contributed by atoms with van der Waals surface area (Å²) in [5, 5.41) is 11.7. The van der Waals surface area contributed by atoms with Gasteiger partial charge < -0.3 is 9.94 Å². The van der Waals surface area contributed by atoms with Crippen molar-refractivity contribution in [3.8, 4) is 5.75 Å². The number of hydrogen-bond donors (Lipinski definition) is 1. The Morgan fingerprint density at radius 1 is 1.25 bits per heavy atom. The Balaban J connectivity index is 2.01. The van der Waals surface area contributed by atoms with Crippen molar-refractivity contribution in [2.75, 3.05) is 6.61 Å². The SMILES string of the molecule is Cc1ccnc(Cl)c1CN(O)Cc1ccc(OCC(F)F)c(Cl)c1. The van der Waals surface area contributed by atoms with Crippen LogP contribution in [0.5, 0.6) is 5.75 Å². The second kappa shape index (κ2) is 8.58. The summed E-state index contributed by atoms with van der Waals surface area (Å²) >= 11 is 12.0. The van der Waals surface area contributed by atoms with E-state index in [1.165, 1.54) is 6.07 Å². The molecule has 1 N–H and O–H groups in total. The van der Waals surface area contributed by atoms with Crippen LogP contribution in [0.1, 0.15) is 16.7 Å². The molecule has 8 heteroatoms. The maximum atomic E-state index is 12.2. The van der Waals surface area contributed by atoms with E-state index in [0.29, 0.717) is 10.7 Å². The van der Waals surface area contributed by atoms with Crippen LogP contribution in [0.3, 0.4) is 0 Å². The van der Waals surface area contributed by atoms with Crippen LogP contribution in [-0.4, -0.2) is 28.3 Å². The van der Waals surface area contributed by atoms with Crippen molar-refractivity contribution in [1.82, 2.24) is 10.0 Å². The maximum absolute atomic E-state index is 12.2. The highest BCUT2D eigenvalue weighted by molar-refractivity contribution is 6.32. The summed E-state index contributed by atoms with van der Waals surface area (Å²) in [6, 6.07) is 6.51. The third kappa shape index (κ3) is 5.27. The van der Waals surface area contributed by atoms with E-state index in [1.807, 2.05) is 6.92 Å². The molecule has 0 aliphatic rings. The number of alkyl halides is 2. The lowest BCUT2D eigenvalue weighted by atomic mass is 10.1. The highest BCUT2D eigenvalue weighted by atomic mass is 35.5. The zero-order chi connectivity index (χ0) is 17.7. The Kier molecular flexibility index (Phi) is 6.74. The quantitative estimate of drug-likeness (QED) is 0.560. The Morgan fingerprint density at radius 3 is 2.62 bits per heavy atom. The van der Waals surface area contributed by atoms with Crippen molar-refractivity contribution in [2.45, 2.75) is 26.4 Å². The number of benzene rings is 1. The molecular formula is C16H16Cl2F2N2O2. The summed E-state index contributed by atoms with van der Waals surface area (Å²) in [6.07, 6.45) is -0.970. The average molecular weight is 377 g/mol. The fraction of sp³-hybridized carbons (Fsp3) is 0.312. The summed E-state index contributed by atoms with van der Waals surface area (Å²) in [5.74, 6) is 0.177. The number of pyridine rings is 1. The lowest BCUT2D eigenvalue weighted by molar-refractivity contribution is -0.108. The number of aromatic nitrogens is 1. The Hall–Kier alpha value is -1.47. The van der Waals surface area contributed by atoms with Gasteiger partial charge in [0.05, 0.1) is 11.6 Å². The zero-order valence-corrected chi connectivity index (χ0v) is 14.4. The van der Waals surface area contributed by atoms with Gasteiger partial charge in [-0.05, 0) is 36.2 Å². The summed E-state index contributed by atoms with van der Waals surface area (Å²) < 4.78 is 29.2. The molecule has 2 aromatic rings. The van der Waals surface area contributed by atoms with Gasteiger partial charge >= 0.3 is 0 Å². The number of halogens is 4. The molecular weight excluding hydrogens is 361 g/mol. The van der Waals surface area contributed by atoms with Gasteiger partial charge in [-0.2, -0.15) is 5.06 Å². The molecule has 0 aliphatic carbocycles. The van der Waals surface area contributed by atoms with Crippen molar-refractivity contribution in [3.05, 3.63) is 57.3 Å². The molecule has 24 heavy (non-hydrogen) atoms. The van der Waals surface area contributed by atoms with Gasteiger partial charge in [0.15, 0.2) is 0 Å². The zero-order valence-electron chi connectivity index (χ0n) is 12.8. The van der Waals surface area contributed by atoms with E-state index in [4.69, 9.17) is 27.9 Å². The molecule has 0 fully saturated rings. The van der Waals surface area contributed by atoms with Crippen LogP contribution < -0.4 is 4.74 Å². The molecule has 0 radical (unpaired) electrons. The second-order valence-electron chi connectivity index (χ2n) is 5.19. The van der Waals surface area contributed by atoms with Crippen molar-refractivity contribution in [2.24, 2.45) is 0 Å². The first-order valence-electron chi connectivity index (χ1n) is 7.10. The van der Waals surface area contributed by atoms with Crippen LogP contribution in [-0.2, 0) is 13.1 Å². The topological polar surface area (TPSA) is 45.6 Å². The highest BCUT2D eigenvalue weighted by Gasteiger charge is 2.12. The first-order valence-corrected chi connectivity index (χ1v) is 7.85. The number of aryl methyl sites for hydroxylation is 1. The summed E-state index contributed by atoms with van der Waals surface area (Å²) in [7, 11) is 0. The number of hydrogen-bond acceptors (Lipinski definition) is 4. The minimum atomic E-state index is -2.57. The first kappa shape index (κ1) is 18.9. The van der Waals surface area contributed by atoms with E-state index in [2.05, 4.69) is 4.98 Å². The van der Waals surface area contributed by atoms with Gasteiger partial charge in [-0.1, -0.05) is 29.3 Å². The Bertz CT molecular complexity index is 682. The second-order valence-corrected chi connectivity index (χ2v) is 5.95. The maximum Gasteiger partial charge on any atom is 0.272 e. The van der Waals surface area contributed by atoms with Crippen LogP contribution in [0, 0.1) is 6.92 Å².